The number of allylic oxidation sites excluding steroid dienone is 1. The Morgan fingerprint density at radius 2 is 1.21 bits per heavy atom. The predicted octanol–water partition coefficient (Wildman–Crippen LogP) is 3.53. The van der Waals surface area contributed by atoms with E-state index in [-0.39, 0.29) is 16.4 Å². The lowest BCUT2D eigenvalue weighted by Crippen LogP contribution is -2.15. The molecular weight excluding hydrogens is 400 g/mol. The van der Waals surface area contributed by atoms with Crippen molar-refractivity contribution in [2.24, 2.45) is 0 Å². The molecule has 2 aromatic rings. The second-order valence-corrected chi connectivity index (χ2v) is 9.62. The van der Waals surface area contributed by atoms with E-state index in [1.165, 1.54) is 19.1 Å². The number of esters is 1. The summed E-state index contributed by atoms with van der Waals surface area (Å²) in [4.78, 5) is 11.2. The predicted molar refractivity (Wildman–Crippen MR) is 108 cm³/mol. The van der Waals surface area contributed by atoms with E-state index in [2.05, 4.69) is 17.9 Å². The van der Waals surface area contributed by atoms with Crippen molar-refractivity contribution in [1.29, 1.82) is 0 Å². The standard InChI is InChI=1S/C11H12O4S.C9H10O2S/c1-3-15-11(12)9(2)16(13,14)10-7-5-4-6-8-10;1-8(2)12(10,11)9-6-4-3-5-7-9/h4-8H,2-3H2,1H3;3-7H,1H2,2H3. The lowest BCUT2D eigenvalue weighted by molar-refractivity contribution is -0.137. The van der Waals surface area contributed by atoms with Gasteiger partial charge in [0.1, 0.15) is 4.91 Å². The van der Waals surface area contributed by atoms with Crippen LogP contribution < -0.4 is 0 Å². The SMILES string of the molecule is C=C(C(=O)OCC)S(=O)(=O)c1ccccc1.C=C(C)S(=O)(=O)c1ccccc1. The lowest BCUT2D eigenvalue weighted by Gasteiger charge is -2.06. The van der Waals surface area contributed by atoms with Gasteiger partial charge in [0.25, 0.3) is 0 Å². The van der Waals surface area contributed by atoms with Crippen LogP contribution in [0.3, 0.4) is 0 Å². The van der Waals surface area contributed by atoms with Crippen LogP contribution in [-0.4, -0.2) is 29.4 Å². The molecule has 0 unspecified atom stereocenters. The zero-order valence-electron chi connectivity index (χ0n) is 15.7. The summed E-state index contributed by atoms with van der Waals surface area (Å²) < 4.78 is 51.2. The number of carbonyl (C=O) groups excluding carboxylic acids is 1. The molecule has 0 saturated heterocycles. The number of ether oxygens (including phenoxy) is 1. The molecule has 0 aliphatic heterocycles. The minimum atomic E-state index is -3.83. The van der Waals surface area contributed by atoms with Gasteiger partial charge in [0.15, 0.2) is 0 Å². The first-order valence-corrected chi connectivity index (χ1v) is 11.1. The summed E-state index contributed by atoms with van der Waals surface area (Å²) in [6.45, 7) is 9.87. The molecule has 6 nitrogen and oxygen atoms in total. The Kier molecular flexibility index (Phi) is 8.34. The van der Waals surface area contributed by atoms with Crippen molar-refractivity contribution in [1.82, 2.24) is 0 Å². The molecule has 0 radical (unpaired) electrons. The molecule has 0 heterocycles. The summed E-state index contributed by atoms with van der Waals surface area (Å²) in [6, 6.07) is 15.9. The molecule has 2 aromatic carbocycles. The summed E-state index contributed by atoms with van der Waals surface area (Å²) in [5.74, 6) is -0.911. The van der Waals surface area contributed by atoms with Crippen LogP contribution in [0.5, 0.6) is 0 Å². The Hall–Kier alpha value is -2.71. The third-order valence-electron chi connectivity index (χ3n) is 3.39. The molecule has 8 heteroatoms. The maximum atomic E-state index is 11.8. The van der Waals surface area contributed by atoms with Crippen molar-refractivity contribution < 1.29 is 26.4 Å². The molecule has 2 rings (SSSR count). The molecule has 0 bridgehead atoms. The molecule has 0 atom stereocenters. The zero-order chi connectivity index (χ0) is 21.4. The zero-order valence-corrected chi connectivity index (χ0v) is 17.3. The first-order valence-electron chi connectivity index (χ1n) is 8.17. The third-order valence-corrected chi connectivity index (χ3v) is 6.91. The minimum absolute atomic E-state index is 0.0352. The van der Waals surface area contributed by atoms with Crippen LogP contribution >= 0.6 is 0 Å². The van der Waals surface area contributed by atoms with Crippen molar-refractivity contribution >= 4 is 25.6 Å². The highest BCUT2D eigenvalue weighted by Gasteiger charge is 2.25. The number of sulfone groups is 2. The van der Waals surface area contributed by atoms with Crippen molar-refractivity contribution in [3.05, 3.63) is 83.6 Å². The van der Waals surface area contributed by atoms with E-state index in [4.69, 9.17) is 0 Å². The second-order valence-electron chi connectivity index (χ2n) is 5.48. The number of carbonyl (C=O) groups is 1. The third kappa shape index (κ3) is 5.90. The van der Waals surface area contributed by atoms with Gasteiger partial charge in [-0.15, -0.1) is 0 Å². The van der Waals surface area contributed by atoms with Crippen molar-refractivity contribution in [2.45, 2.75) is 23.6 Å². The fourth-order valence-electron chi connectivity index (χ4n) is 1.86. The van der Waals surface area contributed by atoms with Crippen LogP contribution in [0.15, 0.2) is 93.4 Å². The van der Waals surface area contributed by atoms with E-state index in [9.17, 15) is 21.6 Å². The largest absolute Gasteiger partial charge is 0.462 e. The Labute approximate surface area is 166 Å². The van der Waals surface area contributed by atoms with Crippen LogP contribution in [0.1, 0.15) is 13.8 Å². The summed E-state index contributed by atoms with van der Waals surface area (Å²) in [5.41, 5.74) is 0. The van der Waals surface area contributed by atoms with Crippen LogP contribution in [0.4, 0.5) is 0 Å². The normalized spacial score (nSPS) is 10.9. The summed E-state index contributed by atoms with van der Waals surface area (Å²) >= 11 is 0. The van der Waals surface area contributed by atoms with E-state index in [1.54, 1.807) is 55.5 Å². The molecule has 28 heavy (non-hydrogen) atoms. The van der Waals surface area contributed by atoms with E-state index in [1.807, 2.05) is 0 Å². The number of rotatable bonds is 6. The molecule has 0 N–H and O–H groups in total. The number of benzene rings is 2. The van der Waals surface area contributed by atoms with Gasteiger partial charge in [-0.2, -0.15) is 0 Å². The highest BCUT2D eigenvalue weighted by atomic mass is 32.2. The van der Waals surface area contributed by atoms with Gasteiger partial charge in [-0.05, 0) is 38.1 Å². The topological polar surface area (TPSA) is 94.6 Å². The molecule has 0 spiro atoms. The van der Waals surface area contributed by atoms with Crippen molar-refractivity contribution in [3.63, 3.8) is 0 Å². The van der Waals surface area contributed by atoms with Gasteiger partial charge < -0.3 is 4.74 Å². The molecular formula is C20H22O6S2. The molecule has 0 aliphatic rings. The Bertz CT molecular complexity index is 1040. The van der Waals surface area contributed by atoms with Gasteiger partial charge in [0.05, 0.1) is 16.4 Å². The Morgan fingerprint density at radius 3 is 1.57 bits per heavy atom. The maximum absolute atomic E-state index is 11.8. The molecule has 0 aliphatic carbocycles. The van der Waals surface area contributed by atoms with Crippen LogP contribution in [-0.2, 0) is 29.2 Å². The van der Waals surface area contributed by atoms with Gasteiger partial charge in [0.2, 0.25) is 19.7 Å². The van der Waals surface area contributed by atoms with Crippen molar-refractivity contribution in [2.75, 3.05) is 6.61 Å². The first kappa shape index (κ1) is 23.3. The average Bonchev–Trinajstić information content (AvgIpc) is 2.69. The Balaban J connectivity index is 0.000000292. The number of hydrogen-bond acceptors (Lipinski definition) is 6. The Morgan fingerprint density at radius 1 is 0.821 bits per heavy atom. The maximum Gasteiger partial charge on any atom is 0.349 e. The summed E-state index contributed by atoms with van der Waals surface area (Å²) in [7, 11) is -7.10. The van der Waals surface area contributed by atoms with E-state index < -0.39 is 30.5 Å². The molecule has 0 aromatic heterocycles. The second kappa shape index (κ2) is 10.0. The lowest BCUT2D eigenvalue weighted by atomic mass is 10.4. The first-order chi connectivity index (χ1) is 13.0. The summed E-state index contributed by atoms with van der Waals surface area (Å²) in [6.07, 6.45) is 0. The molecule has 0 saturated carbocycles. The van der Waals surface area contributed by atoms with Gasteiger partial charge in [-0.3, -0.25) is 0 Å². The fourth-order valence-corrected chi connectivity index (χ4v) is 3.86. The minimum Gasteiger partial charge on any atom is -0.462 e. The monoisotopic (exact) mass is 422 g/mol. The van der Waals surface area contributed by atoms with Gasteiger partial charge in [-0.25, -0.2) is 21.6 Å². The van der Waals surface area contributed by atoms with Crippen LogP contribution in [0, 0.1) is 0 Å². The summed E-state index contributed by atoms with van der Waals surface area (Å²) in [5, 5.41) is 0. The highest BCUT2D eigenvalue weighted by molar-refractivity contribution is 7.96. The van der Waals surface area contributed by atoms with Crippen LogP contribution in [0.2, 0.25) is 0 Å². The van der Waals surface area contributed by atoms with Crippen LogP contribution in [0.25, 0.3) is 0 Å². The molecule has 0 amide bonds. The van der Waals surface area contributed by atoms with E-state index in [0.29, 0.717) is 4.90 Å². The van der Waals surface area contributed by atoms with Gasteiger partial charge in [-0.1, -0.05) is 49.6 Å². The molecule has 150 valence electrons. The quantitative estimate of drug-likeness (QED) is 0.522. The van der Waals surface area contributed by atoms with Gasteiger partial charge in [0, 0.05) is 4.91 Å². The molecule has 0 fully saturated rings. The number of hydrogen-bond donors (Lipinski definition) is 0. The smallest absolute Gasteiger partial charge is 0.349 e. The van der Waals surface area contributed by atoms with Crippen molar-refractivity contribution in [3.8, 4) is 0 Å². The average molecular weight is 423 g/mol. The van der Waals surface area contributed by atoms with E-state index in [0.717, 1.165) is 0 Å². The van der Waals surface area contributed by atoms with Gasteiger partial charge >= 0.3 is 5.97 Å². The highest BCUT2D eigenvalue weighted by Crippen LogP contribution is 2.18. The fraction of sp³-hybridized carbons (Fsp3) is 0.150. The van der Waals surface area contributed by atoms with E-state index >= 15 is 0 Å².